The molecular weight excluding hydrogens is 586 g/mol. The second kappa shape index (κ2) is 13.7. The van der Waals surface area contributed by atoms with E-state index in [4.69, 9.17) is 9.41 Å². The number of thiophene rings is 1. The van der Waals surface area contributed by atoms with Crippen molar-refractivity contribution in [2.75, 3.05) is 13.2 Å². The third-order valence-corrected chi connectivity index (χ3v) is 14.0. The van der Waals surface area contributed by atoms with E-state index in [2.05, 4.69) is 64.2 Å². The van der Waals surface area contributed by atoms with Gasteiger partial charge >= 0.3 is 0 Å². The Labute approximate surface area is 264 Å². The molecule has 8 heteroatoms. The van der Waals surface area contributed by atoms with Crippen LogP contribution in [0.1, 0.15) is 52.0 Å². The molecule has 5 nitrogen and oxygen atoms in total. The zero-order valence-corrected chi connectivity index (χ0v) is 28.0. The van der Waals surface area contributed by atoms with Crippen LogP contribution in [0.5, 0.6) is 0 Å². The molecule has 0 aliphatic carbocycles. The van der Waals surface area contributed by atoms with Crippen molar-refractivity contribution >= 4 is 40.2 Å². The second-order valence-electron chi connectivity index (χ2n) is 12.7. The molecule has 2 aromatic heterocycles. The molecule has 0 radical (unpaired) electrons. The van der Waals surface area contributed by atoms with Crippen LogP contribution < -0.4 is 21.2 Å². The SMILES string of the molecule is CC(C)C(NCC(F)CO[Si](c1ccccc1)(c1ccccc1)C(C)(C)C)c1nc2sccc2c(=O)n1Cc1ccccc1. The van der Waals surface area contributed by atoms with Gasteiger partial charge in [-0.05, 0) is 38.3 Å². The number of benzene rings is 3. The first kappa shape index (κ1) is 32.0. The lowest BCUT2D eigenvalue weighted by Crippen LogP contribution is -2.67. The summed E-state index contributed by atoms with van der Waals surface area (Å²) in [7, 11) is -2.86. The average Bonchev–Trinajstić information content (AvgIpc) is 3.49. The van der Waals surface area contributed by atoms with Gasteiger partial charge in [-0.25, -0.2) is 9.37 Å². The maximum absolute atomic E-state index is 16.0. The van der Waals surface area contributed by atoms with Gasteiger partial charge in [-0.15, -0.1) is 11.3 Å². The number of rotatable bonds is 12. The lowest BCUT2D eigenvalue weighted by Gasteiger charge is -2.43. The van der Waals surface area contributed by atoms with E-state index in [0.717, 1.165) is 15.9 Å². The van der Waals surface area contributed by atoms with Crippen LogP contribution in [0.3, 0.4) is 0 Å². The summed E-state index contributed by atoms with van der Waals surface area (Å²) >= 11 is 1.45. The first-order chi connectivity index (χ1) is 21.1. The summed E-state index contributed by atoms with van der Waals surface area (Å²) in [5.41, 5.74) is 0.936. The van der Waals surface area contributed by atoms with Gasteiger partial charge in [-0.3, -0.25) is 9.36 Å². The molecule has 0 fully saturated rings. The van der Waals surface area contributed by atoms with Crippen molar-refractivity contribution in [1.29, 1.82) is 0 Å². The Balaban J connectivity index is 1.41. The molecule has 0 saturated heterocycles. The van der Waals surface area contributed by atoms with Crippen molar-refractivity contribution in [3.63, 3.8) is 0 Å². The number of hydrogen-bond acceptors (Lipinski definition) is 5. The van der Waals surface area contributed by atoms with Gasteiger partial charge in [0.25, 0.3) is 13.9 Å². The molecule has 1 N–H and O–H groups in total. The molecule has 44 heavy (non-hydrogen) atoms. The summed E-state index contributed by atoms with van der Waals surface area (Å²) in [6, 6.07) is 32.0. The van der Waals surface area contributed by atoms with Crippen molar-refractivity contribution in [1.82, 2.24) is 14.9 Å². The standard InChI is InChI=1S/C36H42FN3O2SSi/c1-26(2)32(33-39-34-31(21-22-43-34)35(41)40(33)24-27-15-9-6-10-16-27)38-23-28(37)25-42-44(36(3,4)5,29-17-11-7-12-18-29)30-19-13-8-14-20-30/h6-22,26,28,32,38H,23-25H2,1-5H3. The molecule has 2 heterocycles. The monoisotopic (exact) mass is 627 g/mol. The quantitative estimate of drug-likeness (QED) is 0.156. The van der Waals surface area contributed by atoms with Gasteiger partial charge in [0, 0.05) is 6.54 Å². The van der Waals surface area contributed by atoms with Gasteiger partial charge in [0.05, 0.1) is 24.6 Å². The number of alkyl halides is 1. The van der Waals surface area contributed by atoms with Crippen LogP contribution in [0.2, 0.25) is 5.04 Å². The first-order valence-corrected chi connectivity index (χ1v) is 18.0. The largest absolute Gasteiger partial charge is 0.404 e. The maximum Gasteiger partial charge on any atom is 0.262 e. The molecule has 0 aliphatic heterocycles. The fourth-order valence-electron chi connectivity index (χ4n) is 6.04. The van der Waals surface area contributed by atoms with E-state index >= 15 is 4.39 Å². The number of halogens is 1. The predicted molar refractivity (Wildman–Crippen MR) is 183 cm³/mol. The molecule has 230 valence electrons. The third kappa shape index (κ3) is 6.64. The zero-order valence-electron chi connectivity index (χ0n) is 26.2. The molecule has 0 aliphatic rings. The molecular formula is C36H42FN3O2SSi. The Morgan fingerprint density at radius 3 is 2.02 bits per heavy atom. The minimum atomic E-state index is -2.86. The fraction of sp³-hybridized carbons (Fsp3) is 0.333. The smallest absolute Gasteiger partial charge is 0.262 e. The highest BCUT2D eigenvalue weighted by Crippen LogP contribution is 2.37. The van der Waals surface area contributed by atoms with Crippen LogP contribution in [0.25, 0.3) is 10.2 Å². The summed E-state index contributed by atoms with van der Waals surface area (Å²) in [6.45, 7) is 11.1. The Bertz CT molecular complexity index is 1660. The van der Waals surface area contributed by atoms with Crippen LogP contribution in [0, 0.1) is 5.92 Å². The average molecular weight is 628 g/mol. The van der Waals surface area contributed by atoms with Gasteiger partial charge in [0.1, 0.15) is 16.8 Å². The topological polar surface area (TPSA) is 56.1 Å². The molecule has 0 spiro atoms. The Kier molecular flexibility index (Phi) is 9.95. The Morgan fingerprint density at radius 2 is 1.48 bits per heavy atom. The Morgan fingerprint density at radius 1 is 0.909 bits per heavy atom. The van der Waals surface area contributed by atoms with E-state index in [1.165, 1.54) is 11.3 Å². The van der Waals surface area contributed by atoms with Gasteiger partial charge in [-0.2, -0.15) is 0 Å². The molecule has 0 bridgehead atoms. The summed E-state index contributed by atoms with van der Waals surface area (Å²) in [4.78, 5) is 19.3. The number of nitrogens with one attached hydrogen (secondary N) is 1. The highest BCUT2D eigenvalue weighted by atomic mass is 32.1. The van der Waals surface area contributed by atoms with Crippen LogP contribution >= 0.6 is 11.3 Å². The van der Waals surface area contributed by atoms with E-state index in [9.17, 15) is 4.79 Å². The summed E-state index contributed by atoms with van der Waals surface area (Å²) in [5, 5.41) is 7.96. The fourth-order valence-corrected chi connectivity index (χ4v) is 11.4. The lowest BCUT2D eigenvalue weighted by atomic mass is 10.0. The minimum absolute atomic E-state index is 0.0424. The summed E-state index contributed by atoms with van der Waals surface area (Å²) in [6.07, 6.45) is -1.27. The normalized spacial score (nSPS) is 13.8. The first-order valence-electron chi connectivity index (χ1n) is 15.3. The third-order valence-electron chi connectivity index (χ3n) is 8.20. The molecule has 2 unspecified atom stereocenters. The number of fused-ring (bicyclic) bond motifs is 1. The van der Waals surface area contributed by atoms with Gasteiger partial charge in [0.15, 0.2) is 0 Å². The highest BCUT2D eigenvalue weighted by molar-refractivity contribution is 7.16. The molecule has 3 aromatic carbocycles. The summed E-state index contributed by atoms with van der Waals surface area (Å²) < 4.78 is 24.6. The highest BCUT2D eigenvalue weighted by Gasteiger charge is 2.50. The molecule has 0 saturated carbocycles. The Hall–Kier alpha value is -3.43. The molecule has 5 aromatic rings. The molecule has 0 amide bonds. The van der Waals surface area contributed by atoms with Crippen molar-refractivity contribution in [2.45, 2.75) is 58.4 Å². The molecule has 2 atom stereocenters. The van der Waals surface area contributed by atoms with Crippen LogP contribution in [-0.4, -0.2) is 37.2 Å². The van der Waals surface area contributed by atoms with Crippen molar-refractivity contribution in [2.24, 2.45) is 5.92 Å². The number of aromatic nitrogens is 2. The predicted octanol–water partition coefficient (Wildman–Crippen LogP) is 6.71. The van der Waals surface area contributed by atoms with E-state index in [-0.39, 0.29) is 35.7 Å². The van der Waals surface area contributed by atoms with Crippen LogP contribution in [-0.2, 0) is 11.0 Å². The number of nitrogens with zero attached hydrogens (tertiary/aromatic N) is 2. The molecule has 5 rings (SSSR count). The second-order valence-corrected chi connectivity index (χ2v) is 17.9. The lowest BCUT2D eigenvalue weighted by molar-refractivity contribution is 0.175. The van der Waals surface area contributed by atoms with E-state index < -0.39 is 14.5 Å². The van der Waals surface area contributed by atoms with Gasteiger partial charge < -0.3 is 9.74 Å². The minimum Gasteiger partial charge on any atom is -0.404 e. The van der Waals surface area contributed by atoms with Crippen LogP contribution in [0.15, 0.2) is 107 Å². The van der Waals surface area contributed by atoms with Gasteiger partial charge in [-0.1, -0.05) is 126 Å². The van der Waals surface area contributed by atoms with Gasteiger partial charge in [0.2, 0.25) is 0 Å². The van der Waals surface area contributed by atoms with Crippen LogP contribution in [0.4, 0.5) is 4.39 Å². The van der Waals surface area contributed by atoms with E-state index in [0.29, 0.717) is 22.6 Å². The number of hydrogen-bond donors (Lipinski definition) is 1. The van der Waals surface area contributed by atoms with E-state index in [1.54, 1.807) is 4.57 Å². The zero-order chi connectivity index (χ0) is 31.3. The van der Waals surface area contributed by atoms with Crippen molar-refractivity contribution < 1.29 is 8.82 Å². The summed E-state index contributed by atoms with van der Waals surface area (Å²) in [5.74, 6) is 0.690. The van der Waals surface area contributed by atoms with Crippen molar-refractivity contribution in [3.8, 4) is 0 Å². The van der Waals surface area contributed by atoms with Crippen molar-refractivity contribution in [3.05, 3.63) is 124 Å². The maximum atomic E-state index is 16.0. The van der Waals surface area contributed by atoms with E-state index in [1.807, 2.05) is 78.2 Å².